The first-order chi connectivity index (χ1) is 11.0. The summed E-state index contributed by atoms with van der Waals surface area (Å²) < 4.78 is 24.3. The molecule has 3 rings (SSSR count). The molecule has 2 atom stereocenters. The van der Waals surface area contributed by atoms with Crippen molar-refractivity contribution in [3.8, 4) is 11.5 Å². The van der Waals surface area contributed by atoms with E-state index in [0.29, 0.717) is 22.6 Å². The van der Waals surface area contributed by atoms with Crippen molar-refractivity contribution in [2.24, 2.45) is 5.92 Å². The van der Waals surface area contributed by atoms with Crippen molar-refractivity contribution in [2.75, 3.05) is 7.11 Å². The van der Waals surface area contributed by atoms with E-state index in [0.717, 1.165) is 0 Å². The molecule has 23 heavy (non-hydrogen) atoms. The molecule has 0 bridgehead atoms. The van der Waals surface area contributed by atoms with Gasteiger partial charge in [0.15, 0.2) is 0 Å². The number of fused-ring (bicyclic) bond motifs is 2. The molecule has 0 saturated carbocycles. The number of methoxy groups -OCH3 is 1. The first-order valence-corrected chi connectivity index (χ1v) is 7.17. The lowest BCUT2D eigenvalue weighted by molar-refractivity contribution is -0.149. The Bertz CT molecular complexity index is 784. The Morgan fingerprint density at radius 1 is 1.13 bits per heavy atom. The summed E-state index contributed by atoms with van der Waals surface area (Å²) in [5, 5.41) is 0. The number of halogens is 1. The molecule has 0 unspecified atom stereocenters. The molecule has 1 heterocycles. The van der Waals surface area contributed by atoms with Crippen molar-refractivity contribution in [1.82, 2.24) is 0 Å². The molecular weight excluding hydrogens is 299 g/mol. The SMILES string of the molecule is COC(=O)[C@H](C(C)=O)[C@H]1c2ccccc2Oc2ccc(F)cc21. The molecule has 5 heteroatoms. The van der Waals surface area contributed by atoms with Crippen molar-refractivity contribution >= 4 is 11.8 Å². The van der Waals surface area contributed by atoms with E-state index in [2.05, 4.69) is 0 Å². The second kappa shape index (κ2) is 5.83. The maximum Gasteiger partial charge on any atom is 0.317 e. The maximum atomic E-state index is 13.7. The molecule has 2 aromatic carbocycles. The van der Waals surface area contributed by atoms with Gasteiger partial charge in [0.25, 0.3) is 0 Å². The highest BCUT2D eigenvalue weighted by Gasteiger charge is 2.40. The fraction of sp³-hybridized carbons (Fsp3) is 0.222. The molecule has 0 saturated heterocycles. The highest BCUT2D eigenvalue weighted by Crippen LogP contribution is 2.48. The molecule has 1 aliphatic rings. The molecule has 0 radical (unpaired) electrons. The van der Waals surface area contributed by atoms with Crippen LogP contribution in [0.1, 0.15) is 24.0 Å². The van der Waals surface area contributed by atoms with Crippen LogP contribution < -0.4 is 4.74 Å². The average Bonchev–Trinajstić information content (AvgIpc) is 2.54. The lowest BCUT2D eigenvalue weighted by atomic mass is 9.77. The first-order valence-electron chi connectivity index (χ1n) is 7.17. The number of para-hydroxylation sites is 1. The van der Waals surface area contributed by atoms with Crippen LogP contribution in [0.5, 0.6) is 11.5 Å². The normalized spacial score (nSPS) is 16.6. The van der Waals surface area contributed by atoms with E-state index in [4.69, 9.17) is 9.47 Å². The third-order valence-electron chi connectivity index (χ3n) is 4.01. The van der Waals surface area contributed by atoms with Crippen LogP contribution in [-0.2, 0) is 14.3 Å². The van der Waals surface area contributed by atoms with Gasteiger partial charge in [0.05, 0.1) is 7.11 Å². The summed E-state index contributed by atoms with van der Waals surface area (Å²) in [6, 6.07) is 11.2. The van der Waals surface area contributed by atoms with Crippen LogP contribution in [0.3, 0.4) is 0 Å². The largest absolute Gasteiger partial charge is 0.468 e. The second-order valence-electron chi connectivity index (χ2n) is 5.41. The molecule has 0 N–H and O–H groups in total. The molecular formula is C18H15FO4. The van der Waals surface area contributed by atoms with Gasteiger partial charge < -0.3 is 9.47 Å². The quantitative estimate of drug-likeness (QED) is 0.643. The van der Waals surface area contributed by atoms with Gasteiger partial charge in [-0.2, -0.15) is 0 Å². The standard InChI is InChI=1S/C18H15FO4/c1-10(20)16(18(21)22-2)17-12-5-3-4-6-14(12)23-15-8-7-11(19)9-13(15)17/h3-9,16-17H,1-2H3/t16-,17+/m1/s1. The molecule has 0 amide bonds. The van der Waals surface area contributed by atoms with Gasteiger partial charge in [0, 0.05) is 17.0 Å². The number of ether oxygens (including phenoxy) is 2. The number of carbonyl (C=O) groups excluding carboxylic acids is 2. The Morgan fingerprint density at radius 2 is 1.83 bits per heavy atom. The fourth-order valence-electron chi connectivity index (χ4n) is 2.99. The Hall–Kier alpha value is -2.69. The molecule has 0 aromatic heterocycles. The minimum absolute atomic E-state index is 0.339. The number of ketones is 1. The molecule has 0 fully saturated rings. The van der Waals surface area contributed by atoms with Crippen molar-refractivity contribution in [2.45, 2.75) is 12.8 Å². The monoisotopic (exact) mass is 314 g/mol. The first kappa shape index (κ1) is 15.2. The van der Waals surface area contributed by atoms with Crippen molar-refractivity contribution in [1.29, 1.82) is 0 Å². The predicted molar refractivity (Wildman–Crippen MR) is 80.9 cm³/mol. The van der Waals surface area contributed by atoms with Gasteiger partial charge in [-0.3, -0.25) is 9.59 Å². The van der Waals surface area contributed by atoms with Crippen LogP contribution in [0, 0.1) is 11.7 Å². The van der Waals surface area contributed by atoms with Crippen molar-refractivity contribution in [3.63, 3.8) is 0 Å². The zero-order valence-corrected chi connectivity index (χ0v) is 12.7. The van der Waals surface area contributed by atoms with Gasteiger partial charge in [-0.1, -0.05) is 18.2 Å². The lowest BCUT2D eigenvalue weighted by Gasteiger charge is -2.31. The molecule has 2 aromatic rings. The van der Waals surface area contributed by atoms with E-state index in [-0.39, 0.29) is 5.78 Å². The number of hydrogen-bond donors (Lipinski definition) is 0. The summed E-state index contributed by atoms with van der Waals surface area (Å²) in [5.74, 6) is -2.15. The van der Waals surface area contributed by atoms with Crippen LogP contribution in [0.15, 0.2) is 42.5 Å². The zero-order chi connectivity index (χ0) is 16.6. The van der Waals surface area contributed by atoms with Crippen LogP contribution in [0.4, 0.5) is 4.39 Å². The Kier molecular flexibility index (Phi) is 3.86. The van der Waals surface area contributed by atoms with Gasteiger partial charge in [-0.15, -0.1) is 0 Å². The van der Waals surface area contributed by atoms with Gasteiger partial charge in [0.2, 0.25) is 0 Å². The van der Waals surface area contributed by atoms with Crippen LogP contribution in [-0.4, -0.2) is 18.9 Å². The fourth-order valence-corrected chi connectivity index (χ4v) is 2.99. The smallest absolute Gasteiger partial charge is 0.317 e. The molecule has 0 spiro atoms. The third kappa shape index (κ3) is 2.59. The van der Waals surface area contributed by atoms with Gasteiger partial charge in [-0.05, 0) is 31.2 Å². The van der Waals surface area contributed by atoms with E-state index >= 15 is 0 Å². The van der Waals surface area contributed by atoms with E-state index in [9.17, 15) is 14.0 Å². The Morgan fingerprint density at radius 3 is 2.52 bits per heavy atom. The topological polar surface area (TPSA) is 52.6 Å². The summed E-state index contributed by atoms with van der Waals surface area (Å²) >= 11 is 0. The van der Waals surface area contributed by atoms with Crippen LogP contribution in [0.25, 0.3) is 0 Å². The summed E-state index contributed by atoms with van der Waals surface area (Å²) in [7, 11) is 1.23. The number of rotatable bonds is 3. The maximum absolute atomic E-state index is 13.7. The summed E-state index contributed by atoms with van der Waals surface area (Å²) in [5.41, 5.74) is 1.13. The molecule has 1 aliphatic heterocycles. The predicted octanol–water partition coefficient (Wildman–Crippen LogP) is 3.44. The summed E-state index contributed by atoms with van der Waals surface area (Å²) in [6.45, 7) is 1.33. The number of hydrogen-bond acceptors (Lipinski definition) is 4. The highest BCUT2D eigenvalue weighted by molar-refractivity contribution is 5.99. The minimum Gasteiger partial charge on any atom is -0.468 e. The minimum atomic E-state index is -1.05. The van der Waals surface area contributed by atoms with Gasteiger partial charge in [-0.25, -0.2) is 4.39 Å². The lowest BCUT2D eigenvalue weighted by Crippen LogP contribution is -2.32. The Balaban J connectivity index is 2.24. The molecule has 118 valence electrons. The zero-order valence-electron chi connectivity index (χ0n) is 12.7. The van der Waals surface area contributed by atoms with Gasteiger partial charge in [0.1, 0.15) is 29.0 Å². The van der Waals surface area contributed by atoms with Crippen LogP contribution >= 0.6 is 0 Å². The number of esters is 1. The number of Topliss-reactive ketones (excluding diaryl/α,β-unsaturated/α-hetero) is 1. The van der Waals surface area contributed by atoms with Crippen LogP contribution in [0.2, 0.25) is 0 Å². The van der Waals surface area contributed by atoms with E-state index in [1.807, 2.05) is 0 Å². The number of carbonyl (C=O) groups is 2. The van der Waals surface area contributed by atoms with E-state index in [1.165, 1.54) is 32.2 Å². The molecule has 4 nitrogen and oxygen atoms in total. The van der Waals surface area contributed by atoms with Crippen molar-refractivity contribution < 1.29 is 23.5 Å². The van der Waals surface area contributed by atoms with E-state index in [1.54, 1.807) is 24.3 Å². The van der Waals surface area contributed by atoms with E-state index < -0.39 is 23.6 Å². The number of benzene rings is 2. The second-order valence-corrected chi connectivity index (χ2v) is 5.41. The summed E-state index contributed by atoms with van der Waals surface area (Å²) in [6.07, 6.45) is 0. The summed E-state index contributed by atoms with van der Waals surface area (Å²) in [4.78, 5) is 24.3. The third-order valence-corrected chi connectivity index (χ3v) is 4.01. The molecule has 0 aliphatic carbocycles. The van der Waals surface area contributed by atoms with Crippen molar-refractivity contribution in [3.05, 3.63) is 59.4 Å². The average molecular weight is 314 g/mol. The highest BCUT2D eigenvalue weighted by atomic mass is 19.1. The van der Waals surface area contributed by atoms with Gasteiger partial charge >= 0.3 is 5.97 Å². The Labute approximate surface area is 132 Å².